The number of hydrogen-bond acceptors (Lipinski definition) is 11. The number of carbonyl (C=O) groups excluding carboxylic acids is 2. The van der Waals surface area contributed by atoms with Gasteiger partial charge in [-0.3, -0.25) is 19.3 Å². The highest BCUT2D eigenvalue weighted by Crippen LogP contribution is 2.26. The van der Waals surface area contributed by atoms with E-state index in [1.807, 2.05) is 0 Å². The molecule has 1 aliphatic rings. The molecule has 0 aromatic heterocycles. The van der Waals surface area contributed by atoms with Crippen LogP contribution in [0.5, 0.6) is 0 Å². The second-order valence-electron chi connectivity index (χ2n) is 8.14. The number of hydrogen-bond donors (Lipinski definition) is 8. The Balaban J connectivity index is 3.16. The third-order valence-electron chi connectivity index (χ3n) is 5.50. The molecule has 0 aromatic rings. The summed E-state index contributed by atoms with van der Waals surface area (Å²) >= 11 is 0. The molecule has 0 bridgehead atoms. The number of nitrogens with zero attached hydrogens (tertiary/aromatic N) is 1. The number of nitrogens with one attached hydrogen (secondary N) is 1. The topological polar surface area (TPSA) is 255 Å². The molecule has 1 aliphatic heterocycles. The van der Waals surface area contributed by atoms with Gasteiger partial charge in [-0.15, -0.1) is 0 Å². The van der Waals surface area contributed by atoms with Crippen molar-refractivity contribution in [1.29, 1.82) is 0 Å². The van der Waals surface area contributed by atoms with Crippen molar-refractivity contribution < 1.29 is 54.2 Å². The Hall–Kier alpha value is -2.40. The number of carboxylic acids is 2. The average molecular weight is 494 g/mol. The number of primary amides is 1. The summed E-state index contributed by atoms with van der Waals surface area (Å²) in [7, 11) is 1.34. The summed E-state index contributed by atoms with van der Waals surface area (Å²) in [5.41, 5.74) is 11.4. The van der Waals surface area contributed by atoms with E-state index >= 15 is 0 Å². The van der Waals surface area contributed by atoms with E-state index in [1.165, 1.54) is 25.8 Å². The molecule has 10 N–H and O–H groups in total. The molecular weight excluding hydrogens is 460 g/mol. The van der Waals surface area contributed by atoms with Crippen LogP contribution >= 0.6 is 0 Å². The fraction of sp³-hybridized carbons (Fsp3) is 0.789. The summed E-state index contributed by atoms with van der Waals surface area (Å²) in [5, 5.41) is 50.6. The van der Waals surface area contributed by atoms with Crippen LogP contribution < -0.4 is 16.8 Å². The van der Waals surface area contributed by atoms with Crippen molar-refractivity contribution in [3.63, 3.8) is 0 Å². The maximum atomic E-state index is 12.9. The number of aliphatic carboxylic acids is 2. The first-order valence-corrected chi connectivity index (χ1v) is 10.5. The zero-order valence-corrected chi connectivity index (χ0v) is 19.1. The number of amides is 2. The molecule has 0 radical (unpaired) electrons. The lowest BCUT2D eigenvalue weighted by Gasteiger charge is -2.48. The smallest absolute Gasteiger partial charge is 0.332 e. The highest BCUT2D eigenvalue weighted by atomic mass is 16.6. The van der Waals surface area contributed by atoms with E-state index in [1.54, 1.807) is 0 Å². The van der Waals surface area contributed by atoms with E-state index in [-0.39, 0.29) is 6.42 Å². The Morgan fingerprint density at radius 1 is 1.21 bits per heavy atom. The zero-order valence-electron chi connectivity index (χ0n) is 19.1. The first-order valence-electron chi connectivity index (χ1n) is 10.5. The van der Waals surface area contributed by atoms with Crippen molar-refractivity contribution >= 4 is 23.8 Å². The van der Waals surface area contributed by atoms with Gasteiger partial charge in [0.15, 0.2) is 6.10 Å². The number of carbonyl (C=O) groups is 4. The summed E-state index contributed by atoms with van der Waals surface area (Å²) in [4.78, 5) is 47.8. The number of rotatable bonds is 13. The van der Waals surface area contributed by atoms with Gasteiger partial charge in [-0.05, 0) is 27.3 Å². The maximum Gasteiger partial charge on any atom is 0.332 e. The van der Waals surface area contributed by atoms with Crippen molar-refractivity contribution in [3.8, 4) is 0 Å². The molecule has 9 atom stereocenters. The fourth-order valence-electron chi connectivity index (χ4n) is 3.65. The molecule has 1 fully saturated rings. The zero-order chi connectivity index (χ0) is 26.3. The molecule has 1 unspecified atom stereocenters. The number of aliphatic hydroxyl groups excluding tert-OH is 3. The number of aliphatic hydroxyl groups is 3. The van der Waals surface area contributed by atoms with Gasteiger partial charge in [0, 0.05) is 6.42 Å². The standard InChI is InChI=1S/C19H34N4O11/c1-7(25)13(17(30)22-9(16(21)29)4-5-11(26)27)23(3)18-12(20)15(33-8(2)19(31)32)14(28)10(6-24)34-18/h7-10,12-15,18,24-25,28H,4-6,20H2,1-3H3,(H2,21,29)(H,22,30)(H,26,27)(H,31,32)/t7-,8-,9-,10-,12-,13+,14-,15-,18?/m1/s1. The van der Waals surface area contributed by atoms with Gasteiger partial charge in [-0.1, -0.05) is 0 Å². The molecule has 2 amide bonds. The van der Waals surface area contributed by atoms with Crippen LogP contribution in [-0.2, 0) is 28.7 Å². The second-order valence-corrected chi connectivity index (χ2v) is 8.14. The summed E-state index contributed by atoms with van der Waals surface area (Å²) < 4.78 is 11.0. The number of carboxylic acid groups (broad SMARTS) is 2. The Morgan fingerprint density at radius 2 is 1.79 bits per heavy atom. The van der Waals surface area contributed by atoms with Crippen LogP contribution in [0.4, 0.5) is 0 Å². The normalized spacial score (nSPS) is 28.5. The molecule has 0 spiro atoms. The van der Waals surface area contributed by atoms with Crippen molar-refractivity contribution in [1.82, 2.24) is 10.2 Å². The average Bonchev–Trinajstić information content (AvgIpc) is 2.73. The minimum Gasteiger partial charge on any atom is -0.481 e. The van der Waals surface area contributed by atoms with Crippen molar-refractivity contribution in [2.24, 2.45) is 11.5 Å². The van der Waals surface area contributed by atoms with Crippen LogP contribution in [-0.4, -0.2) is 123 Å². The minimum atomic E-state index is -1.50. The second kappa shape index (κ2) is 12.9. The van der Waals surface area contributed by atoms with Gasteiger partial charge in [0.1, 0.15) is 36.6 Å². The fourth-order valence-corrected chi connectivity index (χ4v) is 3.65. The molecule has 0 aromatic carbocycles. The van der Waals surface area contributed by atoms with Crippen molar-refractivity contribution in [2.45, 2.75) is 81.6 Å². The molecule has 15 nitrogen and oxygen atoms in total. The van der Waals surface area contributed by atoms with Crippen LogP contribution in [0.3, 0.4) is 0 Å². The monoisotopic (exact) mass is 494 g/mol. The Bertz CT molecular complexity index is 737. The Kier molecular flexibility index (Phi) is 11.2. The predicted molar refractivity (Wildman–Crippen MR) is 113 cm³/mol. The highest BCUT2D eigenvalue weighted by Gasteiger charge is 2.49. The third kappa shape index (κ3) is 7.56. The molecular formula is C19H34N4O11. The first-order chi connectivity index (χ1) is 15.7. The molecule has 0 aliphatic carbocycles. The first kappa shape index (κ1) is 29.6. The molecule has 34 heavy (non-hydrogen) atoms. The lowest BCUT2D eigenvalue weighted by atomic mass is 9.94. The SMILES string of the molecule is C[C@@H](O[C@H]1[C@H](O)[C@@H](CO)OC(N(C)[C@H](C(=O)N[C@H](CCC(=O)O)C(N)=O)[C@@H](C)O)[C@@H]1N)C(=O)O. The van der Waals surface area contributed by atoms with E-state index in [0.29, 0.717) is 0 Å². The van der Waals surface area contributed by atoms with E-state index in [9.17, 15) is 34.5 Å². The minimum absolute atomic E-state index is 0.284. The summed E-state index contributed by atoms with van der Waals surface area (Å²) in [6, 6.07) is -3.98. The van der Waals surface area contributed by atoms with Gasteiger partial charge in [-0.2, -0.15) is 0 Å². The van der Waals surface area contributed by atoms with Crippen LogP contribution in [0.25, 0.3) is 0 Å². The number of ether oxygens (including phenoxy) is 2. The molecule has 1 saturated heterocycles. The molecule has 15 heteroatoms. The van der Waals surface area contributed by atoms with Crippen molar-refractivity contribution in [2.75, 3.05) is 13.7 Å². The van der Waals surface area contributed by atoms with Gasteiger partial charge < -0.3 is 51.8 Å². The van der Waals surface area contributed by atoms with E-state index < -0.39 is 91.7 Å². The lowest BCUT2D eigenvalue weighted by molar-refractivity contribution is -0.247. The third-order valence-corrected chi connectivity index (χ3v) is 5.50. The van der Waals surface area contributed by atoms with Gasteiger partial charge in [-0.25, -0.2) is 4.79 Å². The van der Waals surface area contributed by atoms with Gasteiger partial charge in [0.05, 0.1) is 18.8 Å². The van der Waals surface area contributed by atoms with Crippen LogP contribution in [0.2, 0.25) is 0 Å². The van der Waals surface area contributed by atoms with Crippen LogP contribution in [0, 0.1) is 0 Å². The quantitative estimate of drug-likeness (QED) is 0.121. The van der Waals surface area contributed by atoms with E-state index in [2.05, 4.69) is 5.32 Å². The predicted octanol–water partition coefficient (Wildman–Crippen LogP) is -4.23. The Morgan fingerprint density at radius 3 is 2.24 bits per heavy atom. The number of nitrogens with two attached hydrogens (primary N) is 2. The molecule has 196 valence electrons. The summed E-state index contributed by atoms with van der Waals surface area (Å²) in [6.07, 6.45) is -8.81. The van der Waals surface area contributed by atoms with Crippen molar-refractivity contribution in [3.05, 3.63) is 0 Å². The Labute approximate surface area is 195 Å². The van der Waals surface area contributed by atoms with E-state index in [4.69, 9.17) is 31.2 Å². The molecule has 0 saturated carbocycles. The van der Waals surface area contributed by atoms with Gasteiger partial charge >= 0.3 is 11.9 Å². The summed E-state index contributed by atoms with van der Waals surface area (Å²) in [6.45, 7) is 1.80. The summed E-state index contributed by atoms with van der Waals surface area (Å²) in [5.74, 6) is -4.41. The highest BCUT2D eigenvalue weighted by molar-refractivity contribution is 5.89. The maximum absolute atomic E-state index is 12.9. The number of likely N-dealkylation sites (N-methyl/N-ethyl adjacent to an activating group) is 1. The lowest BCUT2D eigenvalue weighted by Crippen LogP contribution is -2.70. The largest absolute Gasteiger partial charge is 0.481 e. The van der Waals surface area contributed by atoms with Gasteiger partial charge in [0.2, 0.25) is 11.8 Å². The molecule has 1 rings (SSSR count). The van der Waals surface area contributed by atoms with Crippen LogP contribution in [0.1, 0.15) is 26.7 Å². The molecule has 1 heterocycles. The van der Waals surface area contributed by atoms with Gasteiger partial charge in [0.25, 0.3) is 0 Å². The van der Waals surface area contributed by atoms with E-state index in [0.717, 1.165) is 0 Å². The van der Waals surface area contributed by atoms with Crippen LogP contribution in [0.15, 0.2) is 0 Å².